The van der Waals surface area contributed by atoms with Crippen molar-refractivity contribution in [1.82, 2.24) is 5.32 Å². The monoisotopic (exact) mass is 305 g/mol. The normalized spacial score (nSPS) is 12.0. The lowest BCUT2D eigenvalue weighted by Crippen LogP contribution is -2.22. The van der Waals surface area contributed by atoms with Gasteiger partial charge in [-0.3, -0.25) is 0 Å². The lowest BCUT2D eigenvalue weighted by molar-refractivity contribution is 0.412. The number of hydrogen-bond acceptors (Lipinski definition) is 3. The first kappa shape index (κ1) is 15.7. The van der Waals surface area contributed by atoms with Gasteiger partial charge in [0.25, 0.3) is 0 Å². The highest BCUT2D eigenvalue weighted by molar-refractivity contribution is 6.32. The maximum absolute atomic E-state index is 6.11. The Labute approximate surface area is 130 Å². The molecule has 0 fully saturated rings. The minimum absolute atomic E-state index is 0.0660. The van der Waals surface area contributed by atoms with E-state index in [1.807, 2.05) is 36.4 Å². The van der Waals surface area contributed by atoms with Gasteiger partial charge in [0.2, 0.25) is 0 Å². The van der Waals surface area contributed by atoms with Crippen molar-refractivity contribution < 1.29 is 9.47 Å². The van der Waals surface area contributed by atoms with Crippen molar-refractivity contribution in [2.24, 2.45) is 0 Å². The van der Waals surface area contributed by atoms with Crippen molar-refractivity contribution in [3.63, 3.8) is 0 Å². The lowest BCUT2D eigenvalue weighted by Gasteiger charge is -2.20. The van der Waals surface area contributed by atoms with Gasteiger partial charge in [-0.1, -0.05) is 36.7 Å². The van der Waals surface area contributed by atoms with E-state index in [1.165, 1.54) is 0 Å². The number of halogens is 1. The Morgan fingerprint density at radius 1 is 1.05 bits per heavy atom. The molecule has 4 heteroatoms. The van der Waals surface area contributed by atoms with Crippen LogP contribution in [0.3, 0.4) is 0 Å². The van der Waals surface area contributed by atoms with Gasteiger partial charge in [-0.25, -0.2) is 0 Å². The Morgan fingerprint density at radius 3 is 2.48 bits per heavy atom. The van der Waals surface area contributed by atoms with E-state index in [2.05, 4.69) is 18.3 Å². The van der Waals surface area contributed by atoms with Gasteiger partial charge in [0, 0.05) is 0 Å². The smallest absolute Gasteiger partial charge is 0.137 e. The largest absolute Gasteiger partial charge is 0.497 e. The summed E-state index contributed by atoms with van der Waals surface area (Å²) in [5, 5.41) is 4.10. The number of benzene rings is 2. The SMILES string of the molecule is CCNC(c1cccc(OC)c1)c1ccc(Cl)c(OC)c1. The van der Waals surface area contributed by atoms with E-state index in [0.29, 0.717) is 10.8 Å². The molecule has 1 unspecified atom stereocenters. The summed E-state index contributed by atoms with van der Waals surface area (Å²) in [5.74, 6) is 1.52. The second-order valence-corrected chi connectivity index (χ2v) is 5.07. The van der Waals surface area contributed by atoms with E-state index in [0.717, 1.165) is 23.4 Å². The van der Waals surface area contributed by atoms with Crippen molar-refractivity contribution in [2.45, 2.75) is 13.0 Å². The molecule has 3 nitrogen and oxygen atoms in total. The Kier molecular flexibility index (Phi) is 5.48. The Morgan fingerprint density at radius 2 is 1.81 bits per heavy atom. The fourth-order valence-electron chi connectivity index (χ4n) is 2.31. The van der Waals surface area contributed by atoms with Crippen LogP contribution in [-0.2, 0) is 0 Å². The highest BCUT2D eigenvalue weighted by Gasteiger charge is 2.15. The summed E-state index contributed by atoms with van der Waals surface area (Å²) in [4.78, 5) is 0. The first-order chi connectivity index (χ1) is 10.2. The van der Waals surface area contributed by atoms with E-state index >= 15 is 0 Å². The minimum atomic E-state index is 0.0660. The van der Waals surface area contributed by atoms with Crippen molar-refractivity contribution in [3.8, 4) is 11.5 Å². The van der Waals surface area contributed by atoms with Gasteiger partial charge >= 0.3 is 0 Å². The molecule has 0 radical (unpaired) electrons. The summed E-state index contributed by atoms with van der Waals surface area (Å²) in [7, 11) is 3.30. The predicted octanol–water partition coefficient (Wildman–Crippen LogP) is 4.06. The van der Waals surface area contributed by atoms with Gasteiger partial charge in [-0.2, -0.15) is 0 Å². The zero-order chi connectivity index (χ0) is 15.2. The van der Waals surface area contributed by atoms with Crippen molar-refractivity contribution in [3.05, 3.63) is 58.6 Å². The van der Waals surface area contributed by atoms with E-state index in [9.17, 15) is 0 Å². The Bertz CT molecular complexity index is 601. The average Bonchev–Trinajstić information content (AvgIpc) is 2.53. The summed E-state index contributed by atoms with van der Waals surface area (Å²) in [6, 6.07) is 14.0. The van der Waals surface area contributed by atoms with Crippen LogP contribution in [0.5, 0.6) is 11.5 Å². The molecular formula is C17H20ClNO2. The first-order valence-electron chi connectivity index (χ1n) is 6.90. The second kappa shape index (κ2) is 7.34. The van der Waals surface area contributed by atoms with Crippen LogP contribution in [0.1, 0.15) is 24.1 Å². The topological polar surface area (TPSA) is 30.5 Å². The fourth-order valence-corrected chi connectivity index (χ4v) is 2.50. The molecule has 0 spiro atoms. The number of methoxy groups -OCH3 is 2. The lowest BCUT2D eigenvalue weighted by atomic mass is 9.98. The average molecular weight is 306 g/mol. The van der Waals surface area contributed by atoms with Crippen LogP contribution in [0, 0.1) is 0 Å². The van der Waals surface area contributed by atoms with Crippen LogP contribution < -0.4 is 14.8 Å². The van der Waals surface area contributed by atoms with E-state index in [-0.39, 0.29) is 6.04 Å². The van der Waals surface area contributed by atoms with Gasteiger partial charge in [0.15, 0.2) is 0 Å². The maximum Gasteiger partial charge on any atom is 0.137 e. The van der Waals surface area contributed by atoms with E-state index in [4.69, 9.17) is 21.1 Å². The Hall–Kier alpha value is -1.71. The molecule has 0 heterocycles. The quantitative estimate of drug-likeness (QED) is 0.873. The third-order valence-corrected chi connectivity index (χ3v) is 3.66. The molecule has 0 saturated carbocycles. The molecule has 0 aromatic heterocycles. The van der Waals surface area contributed by atoms with Gasteiger partial charge in [0.05, 0.1) is 25.3 Å². The van der Waals surface area contributed by atoms with Crippen LogP contribution in [0.4, 0.5) is 0 Å². The first-order valence-corrected chi connectivity index (χ1v) is 7.28. The molecule has 21 heavy (non-hydrogen) atoms. The van der Waals surface area contributed by atoms with Crippen LogP contribution in [0.2, 0.25) is 5.02 Å². The zero-order valence-electron chi connectivity index (χ0n) is 12.5. The van der Waals surface area contributed by atoms with Gasteiger partial charge < -0.3 is 14.8 Å². The molecule has 0 amide bonds. The highest BCUT2D eigenvalue weighted by Crippen LogP contribution is 2.31. The molecule has 2 rings (SSSR count). The van der Waals surface area contributed by atoms with Crippen LogP contribution >= 0.6 is 11.6 Å². The predicted molar refractivity (Wildman–Crippen MR) is 86.5 cm³/mol. The highest BCUT2D eigenvalue weighted by atomic mass is 35.5. The van der Waals surface area contributed by atoms with Crippen molar-refractivity contribution in [1.29, 1.82) is 0 Å². The molecule has 112 valence electrons. The van der Waals surface area contributed by atoms with Crippen LogP contribution in [0.15, 0.2) is 42.5 Å². The molecule has 1 N–H and O–H groups in total. The summed E-state index contributed by atoms with van der Waals surface area (Å²) < 4.78 is 10.6. The summed E-state index contributed by atoms with van der Waals surface area (Å²) >= 11 is 6.11. The molecule has 0 aliphatic heterocycles. The third-order valence-electron chi connectivity index (χ3n) is 3.34. The molecule has 0 aliphatic rings. The van der Waals surface area contributed by atoms with Crippen molar-refractivity contribution in [2.75, 3.05) is 20.8 Å². The number of rotatable bonds is 6. The summed E-state index contributed by atoms with van der Waals surface area (Å²) in [6.45, 7) is 2.94. The molecule has 2 aromatic rings. The molecule has 0 bridgehead atoms. The fraction of sp³-hybridized carbons (Fsp3) is 0.294. The minimum Gasteiger partial charge on any atom is -0.497 e. The van der Waals surface area contributed by atoms with Gasteiger partial charge in [0.1, 0.15) is 11.5 Å². The number of ether oxygens (including phenoxy) is 2. The van der Waals surface area contributed by atoms with Crippen LogP contribution in [0.25, 0.3) is 0 Å². The van der Waals surface area contributed by atoms with E-state index in [1.54, 1.807) is 14.2 Å². The number of hydrogen-bond donors (Lipinski definition) is 1. The third kappa shape index (κ3) is 3.69. The Balaban J connectivity index is 2.42. The molecule has 0 aliphatic carbocycles. The second-order valence-electron chi connectivity index (χ2n) is 4.66. The molecule has 2 aromatic carbocycles. The van der Waals surface area contributed by atoms with E-state index < -0.39 is 0 Å². The number of nitrogens with one attached hydrogen (secondary N) is 1. The zero-order valence-corrected chi connectivity index (χ0v) is 13.3. The standard InChI is InChI=1S/C17H20ClNO2/c1-4-19-17(12-6-5-7-14(10-12)20-2)13-8-9-15(18)16(11-13)21-3/h5-11,17,19H,4H2,1-3H3. The summed E-state index contributed by atoms with van der Waals surface area (Å²) in [6.07, 6.45) is 0. The maximum atomic E-state index is 6.11. The summed E-state index contributed by atoms with van der Waals surface area (Å²) in [5.41, 5.74) is 2.24. The molecule has 0 saturated heterocycles. The molecular weight excluding hydrogens is 286 g/mol. The van der Waals surface area contributed by atoms with Gasteiger partial charge in [-0.15, -0.1) is 0 Å². The van der Waals surface area contributed by atoms with Crippen LogP contribution in [-0.4, -0.2) is 20.8 Å². The van der Waals surface area contributed by atoms with Gasteiger partial charge in [-0.05, 0) is 41.9 Å². The van der Waals surface area contributed by atoms with Crippen molar-refractivity contribution >= 4 is 11.6 Å². The molecule has 1 atom stereocenters.